The first-order valence-corrected chi connectivity index (χ1v) is 9.53. The largest absolute Gasteiger partial charge is 0.340 e. The topological polar surface area (TPSA) is 41.4 Å². The molecule has 0 unspecified atom stereocenters. The van der Waals surface area contributed by atoms with Crippen LogP contribution in [0.5, 0.6) is 0 Å². The molecule has 1 aromatic carbocycles. The quantitative estimate of drug-likeness (QED) is 0.650. The zero-order valence-corrected chi connectivity index (χ0v) is 16.4. The van der Waals surface area contributed by atoms with Crippen LogP contribution in [0.4, 0.5) is 4.39 Å². The smallest absolute Gasteiger partial charge is 0.224 e. The summed E-state index contributed by atoms with van der Waals surface area (Å²) in [6.45, 7) is 6.58. The van der Waals surface area contributed by atoms with Crippen molar-refractivity contribution in [2.75, 3.05) is 26.2 Å². The van der Waals surface area contributed by atoms with Gasteiger partial charge in [-0.15, -0.1) is 0 Å². The van der Waals surface area contributed by atoms with Gasteiger partial charge in [0.2, 0.25) is 5.91 Å². The van der Waals surface area contributed by atoms with Crippen LogP contribution in [0.25, 0.3) is 0 Å². The number of aromatic nitrogens is 2. The van der Waals surface area contributed by atoms with Crippen molar-refractivity contribution >= 4 is 28.5 Å². The van der Waals surface area contributed by atoms with Gasteiger partial charge in [-0.1, -0.05) is 12.1 Å². The molecule has 1 fully saturated rings. The molecule has 5 nitrogen and oxygen atoms in total. The molecule has 0 aliphatic carbocycles. The van der Waals surface area contributed by atoms with Gasteiger partial charge in [0, 0.05) is 51.9 Å². The summed E-state index contributed by atoms with van der Waals surface area (Å²) in [4.78, 5) is 16.6. The molecule has 1 amide bonds. The Kier molecular flexibility index (Phi) is 6.06. The average Bonchev–Trinajstić information content (AvgIpc) is 2.93. The van der Waals surface area contributed by atoms with Gasteiger partial charge >= 0.3 is 0 Å². The van der Waals surface area contributed by atoms with E-state index >= 15 is 0 Å². The van der Waals surface area contributed by atoms with E-state index < -0.39 is 0 Å². The number of aryl methyl sites for hydroxylation is 2. The molecule has 7 heteroatoms. The summed E-state index contributed by atoms with van der Waals surface area (Å²) in [7, 11) is 0. The summed E-state index contributed by atoms with van der Waals surface area (Å²) in [5.41, 5.74) is 2.10. The van der Waals surface area contributed by atoms with Gasteiger partial charge in [-0.25, -0.2) is 4.39 Å². The average molecular weight is 456 g/mol. The van der Waals surface area contributed by atoms with Crippen LogP contribution in [0.1, 0.15) is 17.7 Å². The maximum atomic E-state index is 13.0. The van der Waals surface area contributed by atoms with Crippen molar-refractivity contribution in [1.82, 2.24) is 19.6 Å². The molecule has 0 saturated carbocycles. The van der Waals surface area contributed by atoms with E-state index in [9.17, 15) is 9.18 Å². The van der Waals surface area contributed by atoms with Gasteiger partial charge < -0.3 is 4.90 Å². The van der Waals surface area contributed by atoms with Crippen LogP contribution in [0.15, 0.2) is 30.5 Å². The summed E-state index contributed by atoms with van der Waals surface area (Å²) in [5, 5.41) is 4.40. The summed E-state index contributed by atoms with van der Waals surface area (Å²) < 4.78 is 15.9. The summed E-state index contributed by atoms with van der Waals surface area (Å²) >= 11 is 2.25. The van der Waals surface area contributed by atoms with Crippen molar-refractivity contribution < 1.29 is 9.18 Å². The highest BCUT2D eigenvalue weighted by molar-refractivity contribution is 14.1. The molecule has 25 heavy (non-hydrogen) atoms. The van der Waals surface area contributed by atoms with E-state index in [0.29, 0.717) is 13.0 Å². The number of nitrogens with zero attached hydrogens (tertiary/aromatic N) is 4. The zero-order valence-electron chi connectivity index (χ0n) is 14.3. The number of carbonyl (C=O) groups is 1. The Morgan fingerprint density at radius 3 is 2.48 bits per heavy atom. The molecule has 1 aliphatic heterocycles. The number of benzene rings is 1. The first-order chi connectivity index (χ1) is 12.0. The molecule has 3 rings (SSSR count). The Bertz CT molecular complexity index is 704. The molecular formula is C18H22FIN4O. The van der Waals surface area contributed by atoms with Gasteiger partial charge in [0.1, 0.15) is 5.82 Å². The van der Waals surface area contributed by atoms with Gasteiger partial charge in [-0.2, -0.15) is 5.10 Å². The Morgan fingerprint density at radius 1 is 1.20 bits per heavy atom. The van der Waals surface area contributed by atoms with Gasteiger partial charge in [-0.3, -0.25) is 14.4 Å². The van der Waals surface area contributed by atoms with E-state index in [1.807, 2.05) is 34.8 Å². The maximum Gasteiger partial charge on any atom is 0.224 e. The highest BCUT2D eigenvalue weighted by Gasteiger charge is 2.21. The molecule has 0 radical (unpaired) electrons. The molecule has 0 bridgehead atoms. The number of hydrogen-bond donors (Lipinski definition) is 0. The molecule has 0 N–H and O–H groups in total. The van der Waals surface area contributed by atoms with E-state index in [2.05, 4.69) is 32.6 Å². The van der Waals surface area contributed by atoms with Gasteiger partial charge in [-0.05, 0) is 47.2 Å². The van der Waals surface area contributed by atoms with Crippen LogP contribution in [0.3, 0.4) is 0 Å². The van der Waals surface area contributed by atoms with E-state index in [1.54, 1.807) is 0 Å². The SMILES string of the molecule is Cc1nn(CCC(=O)N2CCN(Cc3ccc(F)cc3)CC2)cc1I. The number of piperazine rings is 1. The third-order valence-corrected chi connectivity index (χ3v) is 5.54. The second kappa shape index (κ2) is 8.27. The number of amides is 1. The fourth-order valence-electron chi connectivity index (χ4n) is 2.98. The van der Waals surface area contributed by atoms with Gasteiger partial charge in [0.25, 0.3) is 0 Å². The first kappa shape index (κ1) is 18.3. The highest BCUT2D eigenvalue weighted by Crippen LogP contribution is 2.12. The second-order valence-corrected chi connectivity index (χ2v) is 7.52. The first-order valence-electron chi connectivity index (χ1n) is 8.45. The van der Waals surface area contributed by atoms with Gasteiger partial charge in [0.05, 0.1) is 9.26 Å². The third kappa shape index (κ3) is 5.01. The van der Waals surface area contributed by atoms with Crippen LogP contribution in [-0.4, -0.2) is 51.7 Å². The minimum Gasteiger partial charge on any atom is -0.340 e. The van der Waals surface area contributed by atoms with Crippen molar-refractivity contribution in [3.8, 4) is 0 Å². The number of hydrogen-bond acceptors (Lipinski definition) is 3. The van der Waals surface area contributed by atoms with Crippen LogP contribution < -0.4 is 0 Å². The van der Waals surface area contributed by atoms with E-state index in [4.69, 9.17) is 0 Å². The minimum absolute atomic E-state index is 0.185. The fourth-order valence-corrected chi connectivity index (χ4v) is 3.41. The molecular weight excluding hydrogens is 434 g/mol. The Hall–Kier alpha value is -1.48. The number of carbonyl (C=O) groups excluding carboxylic acids is 1. The fraction of sp³-hybridized carbons (Fsp3) is 0.444. The van der Waals surface area contributed by atoms with Crippen LogP contribution in [-0.2, 0) is 17.9 Å². The summed E-state index contributed by atoms with van der Waals surface area (Å²) in [6, 6.07) is 6.63. The van der Waals surface area contributed by atoms with Crippen LogP contribution in [0.2, 0.25) is 0 Å². The maximum absolute atomic E-state index is 13.0. The number of rotatable bonds is 5. The molecule has 0 atom stereocenters. The normalized spacial score (nSPS) is 15.6. The summed E-state index contributed by atoms with van der Waals surface area (Å²) in [5.74, 6) is -0.0224. The molecule has 2 aromatic rings. The standard InChI is InChI=1S/C18H22FIN4O/c1-14-17(20)13-24(21-14)7-6-18(25)23-10-8-22(9-11-23)12-15-2-4-16(19)5-3-15/h2-5,13H,6-12H2,1H3. The Morgan fingerprint density at radius 2 is 1.88 bits per heavy atom. The van der Waals surface area contributed by atoms with E-state index in [-0.39, 0.29) is 11.7 Å². The van der Waals surface area contributed by atoms with Crippen molar-refractivity contribution in [2.24, 2.45) is 0 Å². The number of halogens is 2. The Labute approximate surface area is 160 Å². The Balaban J connectivity index is 1.43. The predicted molar refractivity (Wildman–Crippen MR) is 103 cm³/mol. The van der Waals surface area contributed by atoms with Crippen molar-refractivity contribution in [1.29, 1.82) is 0 Å². The third-order valence-electron chi connectivity index (χ3n) is 4.49. The van der Waals surface area contributed by atoms with E-state index in [1.165, 1.54) is 12.1 Å². The second-order valence-electron chi connectivity index (χ2n) is 6.36. The zero-order chi connectivity index (χ0) is 17.8. The lowest BCUT2D eigenvalue weighted by atomic mass is 10.2. The molecule has 2 heterocycles. The lowest BCUT2D eigenvalue weighted by Crippen LogP contribution is -2.48. The van der Waals surface area contributed by atoms with Gasteiger partial charge in [0.15, 0.2) is 0 Å². The lowest BCUT2D eigenvalue weighted by molar-refractivity contribution is -0.133. The lowest BCUT2D eigenvalue weighted by Gasteiger charge is -2.34. The molecule has 1 aromatic heterocycles. The predicted octanol–water partition coefficient (Wildman–Crippen LogP) is 2.67. The monoisotopic (exact) mass is 456 g/mol. The summed E-state index contributed by atoms with van der Waals surface area (Å²) in [6.07, 6.45) is 2.46. The van der Waals surface area contributed by atoms with Crippen molar-refractivity contribution in [3.05, 3.63) is 51.1 Å². The van der Waals surface area contributed by atoms with E-state index in [0.717, 1.165) is 47.6 Å². The minimum atomic E-state index is -0.207. The highest BCUT2D eigenvalue weighted by atomic mass is 127. The van der Waals surface area contributed by atoms with Crippen LogP contribution in [0, 0.1) is 16.3 Å². The molecule has 1 saturated heterocycles. The molecule has 1 aliphatic rings. The molecule has 0 spiro atoms. The van der Waals surface area contributed by atoms with Crippen LogP contribution >= 0.6 is 22.6 Å². The molecule has 134 valence electrons. The van der Waals surface area contributed by atoms with Crippen molar-refractivity contribution in [2.45, 2.75) is 26.4 Å². The van der Waals surface area contributed by atoms with Crippen molar-refractivity contribution in [3.63, 3.8) is 0 Å².